The van der Waals surface area contributed by atoms with E-state index in [4.69, 9.17) is 5.73 Å². The Morgan fingerprint density at radius 3 is 2.52 bits per heavy atom. The van der Waals surface area contributed by atoms with Gasteiger partial charge in [-0.25, -0.2) is 4.98 Å². The van der Waals surface area contributed by atoms with E-state index in [9.17, 15) is 0 Å². The highest BCUT2D eigenvalue weighted by Crippen LogP contribution is 2.33. The van der Waals surface area contributed by atoms with Gasteiger partial charge in [-0.1, -0.05) is 24.1 Å². The van der Waals surface area contributed by atoms with Gasteiger partial charge in [0.2, 0.25) is 0 Å². The normalized spacial score (nSPS) is 22.5. The Morgan fingerprint density at radius 1 is 1.14 bits per heavy atom. The minimum atomic E-state index is 0.333. The fourth-order valence-corrected chi connectivity index (χ4v) is 3.75. The summed E-state index contributed by atoms with van der Waals surface area (Å²) < 4.78 is 0. The minimum Gasteiger partial charge on any atom is -0.342 e. The molecule has 0 spiro atoms. The van der Waals surface area contributed by atoms with Crippen molar-refractivity contribution in [1.29, 1.82) is 0 Å². The van der Waals surface area contributed by atoms with E-state index in [1.807, 2.05) is 6.20 Å². The van der Waals surface area contributed by atoms with Gasteiger partial charge in [0.1, 0.15) is 5.82 Å². The molecule has 1 aliphatic carbocycles. The average molecular weight is 283 g/mol. The first kappa shape index (κ1) is 14.3. The molecule has 1 aliphatic rings. The minimum absolute atomic E-state index is 0.333. The van der Waals surface area contributed by atoms with Crippen molar-refractivity contribution in [3.8, 4) is 11.3 Å². The van der Waals surface area contributed by atoms with Crippen LogP contribution in [0.25, 0.3) is 11.3 Å². The molecular formula is C18H25N3. The van der Waals surface area contributed by atoms with E-state index in [2.05, 4.69) is 42.9 Å². The smallest absolute Gasteiger partial charge is 0.109 e. The summed E-state index contributed by atoms with van der Waals surface area (Å²) in [7, 11) is 0. The molecule has 2 aromatic rings. The molecule has 0 bridgehead atoms. The third kappa shape index (κ3) is 2.88. The van der Waals surface area contributed by atoms with Gasteiger partial charge in [-0.15, -0.1) is 0 Å². The Balaban J connectivity index is 1.92. The Kier molecular flexibility index (Phi) is 3.85. The highest BCUT2D eigenvalue weighted by Gasteiger charge is 2.23. The van der Waals surface area contributed by atoms with Gasteiger partial charge in [0, 0.05) is 17.5 Å². The van der Waals surface area contributed by atoms with Gasteiger partial charge < -0.3 is 10.7 Å². The number of aryl methyl sites for hydroxylation is 3. The molecule has 1 heterocycles. The maximum absolute atomic E-state index is 6.10. The Morgan fingerprint density at radius 2 is 1.86 bits per heavy atom. The van der Waals surface area contributed by atoms with Gasteiger partial charge in [0.15, 0.2) is 0 Å². The molecule has 1 fully saturated rings. The number of H-pyrrole nitrogens is 1. The molecule has 1 aromatic heterocycles. The number of benzene rings is 1. The molecule has 3 nitrogen and oxygen atoms in total. The lowest BCUT2D eigenvalue weighted by Gasteiger charge is -2.24. The van der Waals surface area contributed by atoms with Crippen LogP contribution >= 0.6 is 0 Å². The lowest BCUT2D eigenvalue weighted by atomic mass is 9.86. The van der Waals surface area contributed by atoms with Gasteiger partial charge in [0.25, 0.3) is 0 Å². The first-order valence-electron chi connectivity index (χ1n) is 7.93. The van der Waals surface area contributed by atoms with Crippen molar-refractivity contribution >= 4 is 0 Å². The summed E-state index contributed by atoms with van der Waals surface area (Å²) in [4.78, 5) is 8.20. The molecule has 2 unspecified atom stereocenters. The van der Waals surface area contributed by atoms with Crippen LogP contribution in [0.15, 0.2) is 18.3 Å². The maximum Gasteiger partial charge on any atom is 0.109 e. The Hall–Kier alpha value is -1.61. The molecule has 112 valence electrons. The van der Waals surface area contributed by atoms with Crippen LogP contribution in [-0.2, 0) is 0 Å². The maximum atomic E-state index is 6.10. The van der Waals surface area contributed by atoms with E-state index >= 15 is 0 Å². The van der Waals surface area contributed by atoms with E-state index in [1.165, 1.54) is 35.1 Å². The number of imidazole rings is 1. The topological polar surface area (TPSA) is 54.7 Å². The van der Waals surface area contributed by atoms with Crippen LogP contribution in [0.5, 0.6) is 0 Å². The van der Waals surface area contributed by atoms with Crippen molar-refractivity contribution in [1.82, 2.24) is 9.97 Å². The fourth-order valence-electron chi connectivity index (χ4n) is 3.75. The number of aromatic amines is 1. The number of nitrogens with two attached hydrogens (primary N) is 1. The van der Waals surface area contributed by atoms with Crippen molar-refractivity contribution in [2.75, 3.05) is 0 Å². The molecule has 3 rings (SSSR count). The molecule has 0 aliphatic heterocycles. The van der Waals surface area contributed by atoms with Crippen LogP contribution in [0, 0.1) is 20.8 Å². The molecule has 1 aromatic carbocycles. The SMILES string of the molecule is Cc1cc(C)c(-c2cnc(C3CCCC(N)C3)[nH]2)c(C)c1. The summed E-state index contributed by atoms with van der Waals surface area (Å²) in [6.07, 6.45) is 6.61. The molecule has 21 heavy (non-hydrogen) atoms. The van der Waals surface area contributed by atoms with Gasteiger partial charge in [-0.05, 0) is 51.2 Å². The first-order valence-corrected chi connectivity index (χ1v) is 7.93. The lowest BCUT2D eigenvalue weighted by molar-refractivity contribution is 0.383. The third-order valence-electron chi connectivity index (χ3n) is 4.64. The van der Waals surface area contributed by atoms with Crippen LogP contribution in [0.1, 0.15) is 54.1 Å². The van der Waals surface area contributed by atoms with Gasteiger partial charge >= 0.3 is 0 Å². The first-order chi connectivity index (χ1) is 10.0. The number of rotatable bonds is 2. The highest BCUT2D eigenvalue weighted by molar-refractivity contribution is 5.67. The van der Waals surface area contributed by atoms with E-state index in [0.717, 1.165) is 24.4 Å². The van der Waals surface area contributed by atoms with Gasteiger partial charge in [-0.2, -0.15) is 0 Å². The molecule has 0 saturated heterocycles. The highest BCUT2D eigenvalue weighted by atomic mass is 14.9. The van der Waals surface area contributed by atoms with Crippen molar-refractivity contribution in [2.24, 2.45) is 5.73 Å². The second-order valence-corrected chi connectivity index (χ2v) is 6.58. The van der Waals surface area contributed by atoms with Crippen molar-refractivity contribution < 1.29 is 0 Å². The molecule has 0 amide bonds. The molecule has 2 atom stereocenters. The largest absolute Gasteiger partial charge is 0.342 e. The van der Waals surface area contributed by atoms with E-state index in [0.29, 0.717) is 12.0 Å². The average Bonchev–Trinajstić information content (AvgIpc) is 2.87. The summed E-state index contributed by atoms with van der Waals surface area (Å²) in [5, 5.41) is 0. The van der Waals surface area contributed by atoms with E-state index in [-0.39, 0.29) is 0 Å². The zero-order valence-corrected chi connectivity index (χ0v) is 13.2. The van der Waals surface area contributed by atoms with Crippen molar-refractivity contribution in [3.05, 3.63) is 40.8 Å². The predicted molar refractivity (Wildman–Crippen MR) is 87.4 cm³/mol. The predicted octanol–water partition coefficient (Wildman–Crippen LogP) is 3.99. The molecule has 1 saturated carbocycles. The van der Waals surface area contributed by atoms with Gasteiger partial charge in [-0.3, -0.25) is 0 Å². The zero-order chi connectivity index (χ0) is 15.0. The Labute approximate surface area is 127 Å². The van der Waals surface area contributed by atoms with Crippen molar-refractivity contribution in [2.45, 2.75) is 58.4 Å². The number of aromatic nitrogens is 2. The lowest BCUT2D eigenvalue weighted by Crippen LogP contribution is -2.27. The van der Waals surface area contributed by atoms with Gasteiger partial charge in [0.05, 0.1) is 11.9 Å². The summed E-state index contributed by atoms with van der Waals surface area (Å²) in [6.45, 7) is 6.49. The number of nitrogens with zero attached hydrogens (tertiary/aromatic N) is 1. The molecule has 3 heteroatoms. The summed E-state index contributed by atoms with van der Waals surface area (Å²) in [6, 6.07) is 4.80. The fraction of sp³-hybridized carbons (Fsp3) is 0.500. The zero-order valence-electron chi connectivity index (χ0n) is 13.2. The van der Waals surface area contributed by atoms with Crippen LogP contribution in [-0.4, -0.2) is 16.0 Å². The number of hydrogen-bond acceptors (Lipinski definition) is 2. The molecule has 0 radical (unpaired) electrons. The second kappa shape index (κ2) is 5.64. The third-order valence-corrected chi connectivity index (χ3v) is 4.64. The quantitative estimate of drug-likeness (QED) is 0.875. The summed E-state index contributed by atoms with van der Waals surface area (Å²) >= 11 is 0. The van der Waals surface area contributed by atoms with Crippen LogP contribution in [0.4, 0.5) is 0 Å². The van der Waals surface area contributed by atoms with Crippen molar-refractivity contribution in [3.63, 3.8) is 0 Å². The van der Waals surface area contributed by atoms with Crippen LogP contribution in [0.2, 0.25) is 0 Å². The van der Waals surface area contributed by atoms with E-state index in [1.54, 1.807) is 0 Å². The van der Waals surface area contributed by atoms with E-state index < -0.39 is 0 Å². The monoisotopic (exact) mass is 283 g/mol. The summed E-state index contributed by atoms with van der Waals surface area (Å²) in [5.74, 6) is 1.60. The Bertz CT molecular complexity index is 619. The second-order valence-electron chi connectivity index (χ2n) is 6.58. The molecule has 3 N–H and O–H groups in total. The standard InChI is InChI=1S/C18H25N3/c1-11-7-12(2)17(13(3)8-11)16-10-20-18(21-16)14-5-4-6-15(19)9-14/h7-8,10,14-15H,4-6,9,19H2,1-3H3,(H,20,21). The summed E-state index contributed by atoms with van der Waals surface area (Å²) in [5.41, 5.74) is 12.5. The van der Waals surface area contributed by atoms with Crippen LogP contribution < -0.4 is 5.73 Å². The van der Waals surface area contributed by atoms with Crippen LogP contribution in [0.3, 0.4) is 0 Å². The number of hydrogen-bond donors (Lipinski definition) is 2. The number of nitrogens with one attached hydrogen (secondary N) is 1. The molecular weight excluding hydrogens is 258 g/mol.